The van der Waals surface area contributed by atoms with Gasteiger partial charge >= 0.3 is 5.97 Å². The standard InChI is InChI=1S/C68H127N2O7P/c1-7-10-13-16-19-22-25-28-30-31-32-33-34-35-36-37-38-39-41-42-45-48-51-54-57-60-67(71)69-65(64-76-78(73,74)75-63-62-70(4,5)6)66(59-56-53-50-47-44-27-24-21-18-15-12-9-3)77-68(72)61-58-55-52-49-46-43-40-29-26-23-20-17-14-11-8-2/h19,22,28,30,32-33,35-36,56,59,65-66H,7-18,20-21,23-27,29,31,34,37-55,57-58,60-64H2,1-6H3,(H-,69,71,73,74)/b22-19-,30-28-,33-32-,36-35-,59-56-. The molecule has 0 bridgehead atoms. The molecule has 0 spiro atoms. The Balaban J connectivity index is 5.12. The van der Waals surface area contributed by atoms with Crippen molar-refractivity contribution >= 4 is 19.7 Å². The molecule has 0 aromatic rings. The van der Waals surface area contributed by atoms with E-state index in [1.807, 2.05) is 33.3 Å². The first-order valence-electron chi connectivity index (χ1n) is 33.1. The number of carbonyl (C=O) groups excluding carboxylic acids is 2. The number of carbonyl (C=O) groups is 2. The van der Waals surface area contributed by atoms with Crippen LogP contribution in [-0.2, 0) is 27.9 Å². The van der Waals surface area contributed by atoms with Crippen LogP contribution in [0.5, 0.6) is 0 Å². The first kappa shape index (κ1) is 75.7. The number of esters is 1. The summed E-state index contributed by atoms with van der Waals surface area (Å²) < 4.78 is 30.4. The fourth-order valence-electron chi connectivity index (χ4n) is 9.57. The van der Waals surface area contributed by atoms with E-state index in [1.54, 1.807) is 0 Å². The van der Waals surface area contributed by atoms with E-state index >= 15 is 0 Å². The minimum absolute atomic E-state index is 0.0233. The van der Waals surface area contributed by atoms with Gasteiger partial charge in [-0.15, -0.1) is 0 Å². The summed E-state index contributed by atoms with van der Waals surface area (Å²) in [7, 11) is 1.19. The molecular formula is C68H127N2O7P. The molecule has 0 radical (unpaired) electrons. The summed E-state index contributed by atoms with van der Waals surface area (Å²) >= 11 is 0. The summed E-state index contributed by atoms with van der Waals surface area (Å²) in [5.74, 6) is -0.537. The van der Waals surface area contributed by atoms with Crippen molar-refractivity contribution in [2.75, 3.05) is 40.9 Å². The fourth-order valence-corrected chi connectivity index (χ4v) is 10.3. The Bertz CT molecular complexity index is 1520. The van der Waals surface area contributed by atoms with Crippen LogP contribution in [0.25, 0.3) is 0 Å². The highest BCUT2D eigenvalue weighted by Gasteiger charge is 2.27. The van der Waals surface area contributed by atoms with E-state index in [0.29, 0.717) is 17.4 Å². The van der Waals surface area contributed by atoms with Gasteiger partial charge in [0.05, 0.1) is 33.8 Å². The van der Waals surface area contributed by atoms with Crippen molar-refractivity contribution in [3.63, 3.8) is 0 Å². The zero-order chi connectivity index (χ0) is 57.2. The van der Waals surface area contributed by atoms with Crippen molar-refractivity contribution in [3.8, 4) is 0 Å². The highest BCUT2D eigenvalue weighted by atomic mass is 31.2. The van der Waals surface area contributed by atoms with Crippen LogP contribution in [0.1, 0.15) is 310 Å². The van der Waals surface area contributed by atoms with E-state index < -0.39 is 20.0 Å². The van der Waals surface area contributed by atoms with Crippen LogP contribution in [0, 0.1) is 0 Å². The number of quaternary nitrogens is 1. The molecule has 0 aromatic carbocycles. The van der Waals surface area contributed by atoms with Gasteiger partial charge in [0.1, 0.15) is 19.3 Å². The molecule has 0 aromatic heterocycles. The lowest BCUT2D eigenvalue weighted by Gasteiger charge is -2.30. The van der Waals surface area contributed by atoms with Crippen LogP contribution in [0.15, 0.2) is 60.8 Å². The third-order valence-corrected chi connectivity index (χ3v) is 15.7. The van der Waals surface area contributed by atoms with Gasteiger partial charge in [0.15, 0.2) is 0 Å². The van der Waals surface area contributed by atoms with E-state index in [2.05, 4.69) is 74.7 Å². The molecule has 0 aliphatic rings. The zero-order valence-corrected chi connectivity index (χ0v) is 53.0. The molecule has 0 aliphatic heterocycles. The quantitative estimate of drug-likeness (QED) is 0.0212. The van der Waals surface area contributed by atoms with Gasteiger partial charge in [-0.05, 0) is 76.7 Å². The molecular weight excluding hydrogens is 988 g/mol. The minimum atomic E-state index is -4.70. The molecule has 0 saturated heterocycles. The van der Waals surface area contributed by atoms with Crippen molar-refractivity contribution < 1.29 is 37.3 Å². The summed E-state index contributed by atoms with van der Waals surface area (Å²) in [6, 6.07) is -0.891. The molecule has 0 saturated carbocycles. The van der Waals surface area contributed by atoms with Crippen LogP contribution in [0.2, 0.25) is 0 Å². The Morgan fingerprint density at radius 3 is 1.19 bits per heavy atom. The number of phosphoric acid groups is 1. The molecule has 9 nitrogen and oxygen atoms in total. The average molecular weight is 1120 g/mol. The van der Waals surface area contributed by atoms with Crippen LogP contribution >= 0.6 is 7.82 Å². The smallest absolute Gasteiger partial charge is 0.306 e. The molecule has 1 amide bonds. The number of amides is 1. The van der Waals surface area contributed by atoms with Crippen molar-refractivity contribution in [1.29, 1.82) is 0 Å². The monoisotopic (exact) mass is 1110 g/mol. The summed E-state index contributed by atoms with van der Waals surface area (Å²) in [4.78, 5) is 40.0. The fraction of sp³-hybridized carbons (Fsp3) is 0.824. The Labute approximate surface area is 483 Å². The molecule has 78 heavy (non-hydrogen) atoms. The van der Waals surface area contributed by atoms with Gasteiger partial charge in [-0.25, -0.2) is 0 Å². The average Bonchev–Trinajstić information content (AvgIpc) is 3.40. The van der Waals surface area contributed by atoms with Gasteiger partial charge < -0.3 is 28.5 Å². The molecule has 3 atom stereocenters. The largest absolute Gasteiger partial charge is 0.756 e. The van der Waals surface area contributed by atoms with Crippen LogP contribution in [-0.4, -0.2) is 69.4 Å². The number of rotatable bonds is 60. The van der Waals surface area contributed by atoms with E-state index in [0.717, 1.165) is 89.9 Å². The first-order valence-corrected chi connectivity index (χ1v) is 34.6. The number of ether oxygens (including phenoxy) is 1. The maximum Gasteiger partial charge on any atom is 0.306 e. The number of hydrogen-bond donors (Lipinski definition) is 1. The van der Waals surface area contributed by atoms with Gasteiger partial charge in [0, 0.05) is 12.8 Å². The van der Waals surface area contributed by atoms with Gasteiger partial charge in [0.2, 0.25) is 5.91 Å². The predicted octanol–water partition coefficient (Wildman–Crippen LogP) is 20.0. The van der Waals surface area contributed by atoms with Gasteiger partial charge in [-0.2, -0.15) is 0 Å². The van der Waals surface area contributed by atoms with Crippen molar-refractivity contribution in [1.82, 2.24) is 5.32 Å². The highest BCUT2D eigenvalue weighted by Crippen LogP contribution is 2.38. The van der Waals surface area contributed by atoms with E-state index in [-0.39, 0.29) is 31.5 Å². The molecule has 10 heteroatoms. The number of allylic oxidation sites excluding steroid dienone is 9. The van der Waals surface area contributed by atoms with Gasteiger partial charge in [-0.3, -0.25) is 14.2 Å². The lowest BCUT2D eigenvalue weighted by Crippen LogP contribution is -2.47. The predicted molar refractivity (Wildman–Crippen MR) is 335 cm³/mol. The zero-order valence-electron chi connectivity index (χ0n) is 52.1. The number of nitrogens with one attached hydrogen (secondary N) is 1. The van der Waals surface area contributed by atoms with E-state index in [4.69, 9.17) is 13.8 Å². The molecule has 1 N–H and O–H groups in total. The van der Waals surface area contributed by atoms with E-state index in [1.165, 1.54) is 186 Å². The highest BCUT2D eigenvalue weighted by molar-refractivity contribution is 7.45. The van der Waals surface area contributed by atoms with Crippen molar-refractivity contribution in [3.05, 3.63) is 60.8 Å². The summed E-state index contributed by atoms with van der Waals surface area (Å²) in [5.41, 5.74) is 0. The SMILES string of the molecule is CCCCC/C=C\C/C=C\C/C=C\C/C=C\CCCCCCCCCCCC(=O)NC(COP(=O)([O-])OCC[N+](C)(C)C)C(/C=C\CCCCCCCCCCCC)OC(=O)CCCCCCCCCCCCCCCCC. The molecule has 3 unspecified atom stereocenters. The van der Waals surface area contributed by atoms with E-state index in [9.17, 15) is 19.0 Å². The third kappa shape index (κ3) is 58.4. The number of hydrogen-bond acceptors (Lipinski definition) is 7. The second-order valence-corrected chi connectivity index (χ2v) is 25.0. The molecule has 0 rings (SSSR count). The van der Waals surface area contributed by atoms with Crippen LogP contribution in [0.4, 0.5) is 0 Å². The normalized spacial score (nSPS) is 14.0. The molecule has 456 valence electrons. The maximum atomic E-state index is 13.6. The first-order chi connectivity index (χ1) is 37.9. The topological polar surface area (TPSA) is 114 Å². The van der Waals surface area contributed by atoms with Crippen LogP contribution in [0.3, 0.4) is 0 Å². The summed E-state index contributed by atoms with van der Waals surface area (Å²) in [6.45, 7) is 6.84. The van der Waals surface area contributed by atoms with Gasteiger partial charge in [0.25, 0.3) is 7.82 Å². The summed E-state index contributed by atoms with van der Waals surface area (Å²) in [5, 5.41) is 3.04. The number of likely N-dealkylation sites (N-methyl/N-ethyl adjacent to an activating group) is 1. The molecule has 0 fully saturated rings. The second kappa shape index (κ2) is 57.9. The molecule has 0 heterocycles. The Morgan fingerprint density at radius 2 is 0.782 bits per heavy atom. The Hall–Kier alpha value is -2.29. The Morgan fingerprint density at radius 1 is 0.449 bits per heavy atom. The lowest BCUT2D eigenvalue weighted by atomic mass is 10.0. The van der Waals surface area contributed by atoms with Gasteiger partial charge in [-0.1, -0.05) is 281 Å². The second-order valence-electron chi connectivity index (χ2n) is 23.6. The maximum absolute atomic E-state index is 13.6. The van der Waals surface area contributed by atoms with Crippen LogP contribution < -0.4 is 10.2 Å². The lowest BCUT2D eigenvalue weighted by molar-refractivity contribution is -0.870. The number of unbranched alkanes of at least 4 members (excludes halogenated alkanes) is 36. The molecule has 0 aliphatic carbocycles. The van der Waals surface area contributed by atoms with Crippen molar-refractivity contribution in [2.24, 2.45) is 0 Å². The Kier molecular flexibility index (Phi) is 56.2. The third-order valence-electron chi connectivity index (χ3n) is 14.7. The summed E-state index contributed by atoms with van der Waals surface area (Å²) in [6.07, 6.45) is 73.3. The number of phosphoric ester groups is 1. The van der Waals surface area contributed by atoms with Crippen molar-refractivity contribution in [2.45, 2.75) is 322 Å². The minimum Gasteiger partial charge on any atom is -0.756 e. The number of nitrogens with zero attached hydrogens (tertiary/aromatic N) is 1.